The molecule has 0 spiro atoms. The van der Waals surface area contributed by atoms with Crippen LogP contribution in [-0.2, 0) is 0 Å². The van der Waals surface area contributed by atoms with Crippen LogP contribution in [0.2, 0.25) is 0 Å². The van der Waals surface area contributed by atoms with Gasteiger partial charge in [0.25, 0.3) is 5.91 Å². The van der Waals surface area contributed by atoms with Gasteiger partial charge in [-0.25, -0.2) is 0 Å². The number of benzene rings is 1. The fourth-order valence-electron chi connectivity index (χ4n) is 2.73. The van der Waals surface area contributed by atoms with E-state index in [9.17, 15) is 4.79 Å². The molecule has 0 bridgehead atoms. The molecule has 1 aromatic carbocycles. The summed E-state index contributed by atoms with van der Waals surface area (Å²) in [6.07, 6.45) is 5.74. The van der Waals surface area contributed by atoms with Gasteiger partial charge in [-0.3, -0.25) is 9.78 Å². The summed E-state index contributed by atoms with van der Waals surface area (Å²) in [6, 6.07) is 11.5. The summed E-state index contributed by atoms with van der Waals surface area (Å²) >= 11 is 0. The van der Waals surface area contributed by atoms with Crippen LogP contribution in [0.5, 0.6) is 0 Å². The molecule has 0 saturated carbocycles. The Hall–Kier alpha value is -2.36. The van der Waals surface area contributed by atoms with Gasteiger partial charge in [-0.15, -0.1) is 0 Å². The third-order valence-corrected chi connectivity index (χ3v) is 4.22. The van der Waals surface area contributed by atoms with Crippen LogP contribution in [0.1, 0.15) is 30.1 Å². The van der Waals surface area contributed by atoms with E-state index in [0.717, 1.165) is 24.7 Å². The van der Waals surface area contributed by atoms with E-state index in [4.69, 9.17) is 0 Å². The standard InChI is InChI=1S/C18H21N3O/c1-14-8-12-21(13-9-14)17-4-2-16(3-5-17)20-18(22)15-6-10-19-11-7-15/h2-7,10-11,14H,8-9,12-13H2,1H3,(H,20,22). The molecule has 1 aromatic heterocycles. The van der Waals surface area contributed by atoms with Gasteiger partial charge in [0, 0.05) is 42.4 Å². The molecule has 1 aliphatic rings. The number of piperidine rings is 1. The maximum atomic E-state index is 12.1. The summed E-state index contributed by atoms with van der Waals surface area (Å²) in [5.41, 5.74) is 2.66. The summed E-state index contributed by atoms with van der Waals surface area (Å²) < 4.78 is 0. The van der Waals surface area contributed by atoms with Crippen molar-refractivity contribution < 1.29 is 4.79 Å². The molecule has 22 heavy (non-hydrogen) atoms. The highest BCUT2D eigenvalue weighted by Crippen LogP contribution is 2.24. The summed E-state index contributed by atoms with van der Waals surface area (Å²) in [5, 5.41) is 2.91. The molecule has 0 radical (unpaired) electrons. The van der Waals surface area contributed by atoms with Gasteiger partial charge in [0.1, 0.15) is 0 Å². The zero-order valence-electron chi connectivity index (χ0n) is 12.8. The Bertz CT molecular complexity index is 617. The average molecular weight is 295 g/mol. The first-order chi connectivity index (χ1) is 10.7. The topological polar surface area (TPSA) is 45.2 Å². The Kier molecular flexibility index (Phi) is 4.37. The fraction of sp³-hybridized carbons (Fsp3) is 0.333. The molecular weight excluding hydrogens is 274 g/mol. The van der Waals surface area contributed by atoms with Gasteiger partial charge < -0.3 is 10.2 Å². The Morgan fingerprint density at radius 1 is 1.09 bits per heavy atom. The predicted molar refractivity (Wildman–Crippen MR) is 89.2 cm³/mol. The summed E-state index contributed by atoms with van der Waals surface area (Å²) in [7, 11) is 0. The maximum Gasteiger partial charge on any atom is 0.255 e. The molecule has 2 aromatic rings. The highest BCUT2D eigenvalue weighted by molar-refractivity contribution is 6.04. The Morgan fingerprint density at radius 3 is 2.36 bits per heavy atom. The van der Waals surface area contributed by atoms with Gasteiger partial charge in [0.05, 0.1) is 0 Å². The van der Waals surface area contributed by atoms with Gasteiger partial charge in [0.15, 0.2) is 0 Å². The zero-order chi connectivity index (χ0) is 15.4. The first kappa shape index (κ1) is 14.6. The third kappa shape index (κ3) is 3.45. The van der Waals surface area contributed by atoms with Crippen molar-refractivity contribution in [1.82, 2.24) is 4.98 Å². The number of nitrogens with zero attached hydrogens (tertiary/aromatic N) is 2. The number of hydrogen-bond donors (Lipinski definition) is 1. The van der Waals surface area contributed by atoms with Gasteiger partial charge >= 0.3 is 0 Å². The Balaban J connectivity index is 1.63. The van der Waals surface area contributed by atoms with Crippen molar-refractivity contribution in [3.63, 3.8) is 0 Å². The number of pyridine rings is 1. The molecule has 1 aliphatic heterocycles. The Labute approximate surface area is 131 Å². The molecule has 114 valence electrons. The van der Waals surface area contributed by atoms with Crippen LogP contribution in [0, 0.1) is 5.92 Å². The minimum atomic E-state index is -0.109. The van der Waals surface area contributed by atoms with E-state index in [1.807, 2.05) is 12.1 Å². The third-order valence-electron chi connectivity index (χ3n) is 4.22. The summed E-state index contributed by atoms with van der Waals surface area (Å²) in [4.78, 5) is 18.4. The number of aromatic nitrogens is 1. The van der Waals surface area contributed by atoms with Crippen LogP contribution in [0.4, 0.5) is 11.4 Å². The zero-order valence-corrected chi connectivity index (χ0v) is 12.8. The second-order valence-corrected chi connectivity index (χ2v) is 5.91. The van der Waals surface area contributed by atoms with Crippen LogP contribution < -0.4 is 10.2 Å². The van der Waals surface area contributed by atoms with Crippen molar-refractivity contribution in [2.75, 3.05) is 23.3 Å². The molecule has 1 amide bonds. The van der Waals surface area contributed by atoms with E-state index in [2.05, 4.69) is 34.3 Å². The van der Waals surface area contributed by atoms with E-state index < -0.39 is 0 Å². The quantitative estimate of drug-likeness (QED) is 0.941. The first-order valence-corrected chi connectivity index (χ1v) is 7.79. The fourth-order valence-corrected chi connectivity index (χ4v) is 2.73. The van der Waals surface area contributed by atoms with Gasteiger partial charge in [-0.05, 0) is 55.2 Å². The molecule has 1 N–H and O–H groups in total. The molecule has 0 unspecified atom stereocenters. The van der Waals surface area contributed by atoms with Crippen LogP contribution >= 0.6 is 0 Å². The number of carbonyl (C=O) groups is 1. The molecule has 1 saturated heterocycles. The number of hydrogen-bond acceptors (Lipinski definition) is 3. The highest BCUT2D eigenvalue weighted by atomic mass is 16.1. The second kappa shape index (κ2) is 6.60. The van der Waals surface area contributed by atoms with E-state index in [-0.39, 0.29) is 5.91 Å². The molecule has 2 heterocycles. The van der Waals surface area contributed by atoms with Crippen molar-refractivity contribution in [3.8, 4) is 0 Å². The molecule has 4 nitrogen and oxygen atoms in total. The number of anilines is 2. The predicted octanol–water partition coefficient (Wildman–Crippen LogP) is 3.57. The largest absolute Gasteiger partial charge is 0.372 e. The van der Waals surface area contributed by atoms with Crippen molar-refractivity contribution in [3.05, 3.63) is 54.4 Å². The van der Waals surface area contributed by atoms with Crippen molar-refractivity contribution in [1.29, 1.82) is 0 Å². The van der Waals surface area contributed by atoms with E-state index >= 15 is 0 Å². The van der Waals surface area contributed by atoms with Gasteiger partial charge in [-0.1, -0.05) is 6.92 Å². The summed E-state index contributed by atoms with van der Waals surface area (Å²) in [5.74, 6) is 0.720. The lowest BCUT2D eigenvalue weighted by Gasteiger charge is -2.32. The molecule has 0 atom stereocenters. The molecule has 3 rings (SSSR count). The van der Waals surface area contributed by atoms with Crippen molar-refractivity contribution in [2.24, 2.45) is 5.92 Å². The smallest absolute Gasteiger partial charge is 0.255 e. The monoisotopic (exact) mass is 295 g/mol. The number of rotatable bonds is 3. The number of nitrogens with one attached hydrogen (secondary N) is 1. The molecule has 1 fully saturated rings. The maximum absolute atomic E-state index is 12.1. The van der Waals surface area contributed by atoms with Crippen LogP contribution in [0.25, 0.3) is 0 Å². The SMILES string of the molecule is CC1CCN(c2ccc(NC(=O)c3ccncc3)cc2)CC1. The summed E-state index contributed by atoms with van der Waals surface area (Å²) in [6.45, 7) is 4.54. The van der Waals surface area contributed by atoms with Gasteiger partial charge in [0.2, 0.25) is 0 Å². The molecular formula is C18H21N3O. The van der Waals surface area contributed by atoms with E-state index in [0.29, 0.717) is 5.56 Å². The second-order valence-electron chi connectivity index (χ2n) is 5.91. The van der Waals surface area contributed by atoms with Gasteiger partial charge in [-0.2, -0.15) is 0 Å². The van der Waals surface area contributed by atoms with Crippen LogP contribution in [-0.4, -0.2) is 24.0 Å². The van der Waals surface area contributed by atoms with E-state index in [1.165, 1.54) is 18.5 Å². The van der Waals surface area contributed by atoms with E-state index in [1.54, 1.807) is 24.5 Å². The first-order valence-electron chi connectivity index (χ1n) is 7.79. The van der Waals surface area contributed by atoms with Crippen LogP contribution in [0.15, 0.2) is 48.8 Å². The minimum absolute atomic E-state index is 0.109. The van der Waals surface area contributed by atoms with Crippen molar-refractivity contribution >= 4 is 17.3 Å². The normalized spacial score (nSPS) is 15.6. The number of carbonyl (C=O) groups excluding carboxylic acids is 1. The lowest BCUT2D eigenvalue weighted by atomic mass is 9.99. The molecule has 4 heteroatoms. The highest BCUT2D eigenvalue weighted by Gasteiger charge is 2.15. The lowest BCUT2D eigenvalue weighted by molar-refractivity contribution is 0.102. The van der Waals surface area contributed by atoms with Crippen molar-refractivity contribution in [2.45, 2.75) is 19.8 Å². The minimum Gasteiger partial charge on any atom is -0.372 e. The lowest BCUT2D eigenvalue weighted by Crippen LogP contribution is -2.32. The number of amides is 1. The Morgan fingerprint density at radius 2 is 1.73 bits per heavy atom. The van der Waals surface area contributed by atoms with Crippen LogP contribution in [0.3, 0.4) is 0 Å². The average Bonchev–Trinajstić information content (AvgIpc) is 2.57. The molecule has 0 aliphatic carbocycles.